The first-order chi connectivity index (χ1) is 21.9. The normalized spacial score (nSPS) is 19.0. The van der Waals surface area contributed by atoms with Crippen molar-refractivity contribution < 1.29 is 44.2 Å². The first kappa shape index (κ1) is 31.4. The zero-order chi connectivity index (χ0) is 32.8. The van der Waals surface area contributed by atoms with Crippen LogP contribution in [-0.2, 0) is 36.2 Å². The minimum absolute atomic E-state index is 0.00281. The third kappa shape index (κ3) is 5.90. The highest BCUT2D eigenvalue weighted by Crippen LogP contribution is 2.51. The smallest absolute Gasteiger partial charge is 0.339 e. The molecule has 0 radical (unpaired) electrons. The van der Waals surface area contributed by atoms with E-state index in [1.54, 1.807) is 48.5 Å². The number of rotatable bonds is 9. The Kier molecular flexibility index (Phi) is 8.20. The van der Waals surface area contributed by atoms with Crippen LogP contribution in [0.15, 0.2) is 88.7 Å². The third-order valence-electron chi connectivity index (χ3n) is 8.43. The second-order valence-electron chi connectivity index (χ2n) is 11.4. The van der Waals surface area contributed by atoms with E-state index in [-0.39, 0.29) is 51.3 Å². The van der Waals surface area contributed by atoms with Crippen LogP contribution in [0.2, 0.25) is 0 Å². The molecule has 1 saturated heterocycles. The Morgan fingerprint density at radius 2 is 1.22 bits per heavy atom. The van der Waals surface area contributed by atoms with E-state index in [9.17, 15) is 21.6 Å². The molecule has 0 N–H and O–H groups in total. The monoisotopic (exact) mass is 664 g/mol. The van der Waals surface area contributed by atoms with Crippen molar-refractivity contribution in [3.63, 3.8) is 0 Å². The molecule has 1 aliphatic heterocycles. The van der Waals surface area contributed by atoms with E-state index in [2.05, 4.69) is 0 Å². The molecule has 3 atom stereocenters. The fourth-order valence-electron chi connectivity index (χ4n) is 6.03. The van der Waals surface area contributed by atoms with Crippen LogP contribution in [-0.4, -0.2) is 43.6 Å². The van der Waals surface area contributed by atoms with Gasteiger partial charge >= 0.3 is 26.2 Å². The number of hydrogen-bond acceptors (Lipinski definition) is 10. The molecule has 2 aliphatic rings. The van der Waals surface area contributed by atoms with E-state index >= 15 is 0 Å². The molecule has 0 aromatic heterocycles. The maximum atomic E-state index is 13.3. The summed E-state index contributed by atoms with van der Waals surface area (Å²) in [5.41, 5.74) is 3.97. The number of benzene rings is 4. The first-order valence-corrected chi connectivity index (χ1v) is 17.3. The lowest BCUT2D eigenvalue weighted by atomic mass is 9.67. The summed E-state index contributed by atoms with van der Waals surface area (Å²) >= 11 is 0. The van der Waals surface area contributed by atoms with Gasteiger partial charge in [0.05, 0.1) is 26.7 Å². The Labute approximate surface area is 268 Å². The number of carbonyl (C=O) groups is 1. The van der Waals surface area contributed by atoms with E-state index in [1.807, 2.05) is 13.8 Å². The number of cyclic esters (lactones) is 1. The zero-order valence-electron chi connectivity index (χ0n) is 25.6. The molecule has 4 aromatic carbocycles. The standard InChI is InChI=1S/C34H32O10S2/c1-20-5-10-24(11-6-20)45(36,37)43-29-14-9-22(16-30(29)40-3)33-26-18-32(44-46(38,39)25-12-7-21(2)8-13-25)31(41-4)17-23(26)15-27-28(33)19-42-34(27)35/h5-14,16-18,27-28,33H,15,19H2,1-4H3/t27-,28+,33+/m1/s1. The Morgan fingerprint density at radius 3 is 1.78 bits per heavy atom. The van der Waals surface area contributed by atoms with Crippen LogP contribution in [0.5, 0.6) is 23.0 Å². The second kappa shape index (κ2) is 12.0. The molecular formula is C34H32O10S2. The third-order valence-corrected chi connectivity index (χ3v) is 10.9. The van der Waals surface area contributed by atoms with Gasteiger partial charge in [0.25, 0.3) is 0 Å². The minimum Gasteiger partial charge on any atom is -0.493 e. The highest BCUT2D eigenvalue weighted by molar-refractivity contribution is 7.87. The van der Waals surface area contributed by atoms with Gasteiger partial charge in [-0.2, -0.15) is 16.8 Å². The summed E-state index contributed by atoms with van der Waals surface area (Å²) in [4.78, 5) is 12.8. The lowest BCUT2D eigenvalue weighted by Crippen LogP contribution is -2.31. The molecule has 0 unspecified atom stereocenters. The van der Waals surface area contributed by atoms with E-state index in [1.165, 1.54) is 44.6 Å². The number of carbonyl (C=O) groups excluding carboxylic acids is 1. The predicted molar refractivity (Wildman–Crippen MR) is 167 cm³/mol. The molecule has 1 heterocycles. The zero-order valence-corrected chi connectivity index (χ0v) is 27.2. The summed E-state index contributed by atoms with van der Waals surface area (Å²) in [6.07, 6.45) is 0.365. The van der Waals surface area contributed by atoms with Crippen molar-refractivity contribution in [2.24, 2.45) is 11.8 Å². The molecule has 240 valence electrons. The predicted octanol–water partition coefficient (Wildman–Crippen LogP) is 5.33. The summed E-state index contributed by atoms with van der Waals surface area (Å²) in [5.74, 6) is -1.19. The Bertz CT molecular complexity index is 2020. The van der Waals surface area contributed by atoms with E-state index in [0.29, 0.717) is 12.0 Å². The van der Waals surface area contributed by atoms with Crippen molar-refractivity contribution in [1.29, 1.82) is 0 Å². The number of fused-ring (bicyclic) bond motifs is 2. The van der Waals surface area contributed by atoms with Crippen molar-refractivity contribution in [3.05, 3.63) is 107 Å². The van der Waals surface area contributed by atoms with Gasteiger partial charge in [-0.05, 0) is 85.5 Å². The van der Waals surface area contributed by atoms with Gasteiger partial charge in [-0.1, -0.05) is 41.5 Å². The highest BCUT2D eigenvalue weighted by Gasteiger charge is 2.47. The Balaban J connectivity index is 1.41. The summed E-state index contributed by atoms with van der Waals surface area (Å²) in [6, 6.07) is 20.8. The topological polar surface area (TPSA) is 132 Å². The van der Waals surface area contributed by atoms with Crippen LogP contribution < -0.4 is 17.8 Å². The van der Waals surface area contributed by atoms with Crippen LogP contribution in [0.1, 0.15) is 33.7 Å². The molecule has 1 aliphatic carbocycles. The molecule has 46 heavy (non-hydrogen) atoms. The molecule has 12 heteroatoms. The van der Waals surface area contributed by atoms with E-state index < -0.39 is 32.1 Å². The van der Waals surface area contributed by atoms with Gasteiger partial charge in [-0.15, -0.1) is 0 Å². The molecule has 4 aromatic rings. The molecule has 0 amide bonds. The number of methoxy groups -OCH3 is 2. The largest absolute Gasteiger partial charge is 0.493 e. The molecule has 6 rings (SSSR count). The molecule has 0 spiro atoms. The number of esters is 1. The van der Waals surface area contributed by atoms with Crippen LogP contribution in [0.3, 0.4) is 0 Å². The van der Waals surface area contributed by atoms with Crippen molar-refractivity contribution in [3.8, 4) is 23.0 Å². The summed E-state index contributed by atoms with van der Waals surface area (Å²) in [6.45, 7) is 3.86. The maximum Gasteiger partial charge on any atom is 0.339 e. The summed E-state index contributed by atoms with van der Waals surface area (Å²) in [5, 5.41) is 0. The van der Waals surface area contributed by atoms with Crippen molar-refractivity contribution in [1.82, 2.24) is 0 Å². The highest BCUT2D eigenvalue weighted by atomic mass is 32.2. The van der Waals surface area contributed by atoms with Crippen LogP contribution in [0, 0.1) is 25.7 Å². The lowest BCUT2D eigenvalue weighted by Gasteiger charge is -2.34. The van der Waals surface area contributed by atoms with E-state index in [4.69, 9.17) is 22.6 Å². The van der Waals surface area contributed by atoms with Gasteiger partial charge in [-0.3, -0.25) is 4.79 Å². The maximum absolute atomic E-state index is 13.3. The number of hydrogen-bond donors (Lipinski definition) is 0. The fraction of sp³-hybridized carbons (Fsp3) is 0.265. The van der Waals surface area contributed by atoms with Gasteiger partial charge in [0, 0.05) is 11.8 Å². The average molecular weight is 665 g/mol. The Hall–Kier alpha value is -4.55. The fourth-order valence-corrected chi connectivity index (χ4v) is 7.90. The van der Waals surface area contributed by atoms with Gasteiger partial charge in [0.2, 0.25) is 0 Å². The van der Waals surface area contributed by atoms with Crippen molar-refractivity contribution in [2.75, 3.05) is 20.8 Å². The number of aryl methyl sites for hydroxylation is 2. The van der Waals surface area contributed by atoms with Crippen LogP contribution in [0.4, 0.5) is 0 Å². The quantitative estimate of drug-likeness (QED) is 0.171. The molecule has 0 saturated carbocycles. The molecule has 10 nitrogen and oxygen atoms in total. The molecular weight excluding hydrogens is 632 g/mol. The Morgan fingerprint density at radius 1 is 0.674 bits per heavy atom. The molecule has 1 fully saturated rings. The van der Waals surface area contributed by atoms with Gasteiger partial charge in [0.1, 0.15) is 9.79 Å². The SMILES string of the molecule is COc1cc([C@H]2c3cc(OS(=O)(=O)c4ccc(C)cc4)c(OC)cc3C[C@H]3C(=O)OC[C@H]23)ccc1OS(=O)(=O)c1ccc(C)cc1. The van der Waals surface area contributed by atoms with Gasteiger partial charge in [0.15, 0.2) is 23.0 Å². The first-order valence-electron chi connectivity index (χ1n) is 14.5. The number of ether oxygens (including phenoxy) is 3. The van der Waals surface area contributed by atoms with Crippen LogP contribution in [0.25, 0.3) is 0 Å². The van der Waals surface area contributed by atoms with Gasteiger partial charge < -0.3 is 22.6 Å². The van der Waals surface area contributed by atoms with Crippen molar-refractivity contribution in [2.45, 2.75) is 36.0 Å². The summed E-state index contributed by atoms with van der Waals surface area (Å²) < 4.78 is 80.3. The van der Waals surface area contributed by atoms with E-state index in [0.717, 1.165) is 22.3 Å². The summed E-state index contributed by atoms with van der Waals surface area (Å²) in [7, 11) is -5.56. The second-order valence-corrected chi connectivity index (χ2v) is 14.5. The average Bonchev–Trinajstić information content (AvgIpc) is 3.39. The lowest BCUT2D eigenvalue weighted by molar-refractivity contribution is -0.141. The minimum atomic E-state index is -4.21. The van der Waals surface area contributed by atoms with Crippen molar-refractivity contribution >= 4 is 26.2 Å². The van der Waals surface area contributed by atoms with Gasteiger partial charge in [-0.25, -0.2) is 0 Å². The molecule has 0 bridgehead atoms. The van der Waals surface area contributed by atoms with Crippen LogP contribution >= 0.6 is 0 Å².